The van der Waals surface area contributed by atoms with Gasteiger partial charge < -0.3 is 10.4 Å². The van der Waals surface area contributed by atoms with Gasteiger partial charge in [-0.2, -0.15) is 0 Å². The molecule has 0 spiro atoms. The van der Waals surface area contributed by atoms with Crippen LogP contribution in [0.5, 0.6) is 0 Å². The van der Waals surface area contributed by atoms with Crippen LogP contribution in [0.4, 0.5) is 5.69 Å². The summed E-state index contributed by atoms with van der Waals surface area (Å²) in [6, 6.07) is 5.53. The molecule has 2 rings (SSSR count). The Labute approximate surface area is 115 Å². The Morgan fingerprint density at radius 2 is 2.32 bits per heavy atom. The molecule has 2 N–H and O–H groups in total. The summed E-state index contributed by atoms with van der Waals surface area (Å²) in [6.07, 6.45) is 1.53. The van der Waals surface area contributed by atoms with Crippen LogP contribution in [-0.4, -0.2) is 22.6 Å². The van der Waals surface area contributed by atoms with Crippen molar-refractivity contribution in [3.63, 3.8) is 0 Å². The first kappa shape index (κ1) is 13.3. The number of hydrogen-bond acceptors (Lipinski definition) is 4. The molecule has 0 saturated heterocycles. The summed E-state index contributed by atoms with van der Waals surface area (Å²) in [5.41, 5.74) is 4.04. The Hall–Kier alpha value is -2.16. The standard InChI is InChI=1S/C14H12N2O2S/c1-10-5-11(3-2-4-17)7-12(6-10)16-14(18)13-8-15-9-19-13/h5-9,17H,4H2,1H3,(H,16,18). The summed E-state index contributed by atoms with van der Waals surface area (Å²) >= 11 is 1.29. The van der Waals surface area contributed by atoms with Crippen molar-refractivity contribution in [3.05, 3.63) is 45.9 Å². The molecular formula is C14H12N2O2S. The predicted molar refractivity (Wildman–Crippen MR) is 75.2 cm³/mol. The van der Waals surface area contributed by atoms with Gasteiger partial charge in [-0.1, -0.05) is 11.8 Å². The van der Waals surface area contributed by atoms with E-state index in [1.54, 1.807) is 11.6 Å². The van der Waals surface area contributed by atoms with Crippen LogP contribution < -0.4 is 5.32 Å². The van der Waals surface area contributed by atoms with Crippen LogP contribution in [0.2, 0.25) is 0 Å². The lowest BCUT2D eigenvalue weighted by molar-refractivity contribution is 0.103. The molecule has 0 unspecified atom stereocenters. The maximum Gasteiger partial charge on any atom is 0.267 e. The van der Waals surface area contributed by atoms with Gasteiger partial charge in [-0.15, -0.1) is 11.3 Å². The molecule has 0 aliphatic rings. The fourth-order valence-corrected chi connectivity index (χ4v) is 2.10. The van der Waals surface area contributed by atoms with Crippen LogP contribution >= 0.6 is 11.3 Å². The molecule has 2 aromatic rings. The van der Waals surface area contributed by atoms with Crippen LogP contribution in [0, 0.1) is 18.8 Å². The minimum absolute atomic E-state index is 0.184. The number of amides is 1. The van der Waals surface area contributed by atoms with Crippen molar-refractivity contribution in [2.45, 2.75) is 6.92 Å². The number of aryl methyl sites for hydroxylation is 1. The van der Waals surface area contributed by atoms with E-state index >= 15 is 0 Å². The average molecular weight is 272 g/mol. The average Bonchev–Trinajstić information content (AvgIpc) is 2.89. The maximum absolute atomic E-state index is 11.9. The van der Waals surface area contributed by atoms with Crippen molar-refractivity contribution >= 4 is 22.9 Å². The van der Waals surface area contributed by atoms with E-state index in [1.165, 1.54) is 17.5 Å². The molecule has 1 amide bonds. The van der Waals surface area contributed by atoms with E-state index in [1.807, 2.05) is 19.1 Å². The lowest BCUT2D eigenvalue weighted by Crippen LogP contribution is -2.10. The van der Waals surface area contributed by atoms with Gasteiger partial charge in [0.25, 0.3) is 5.91 Å². The Morgan fingerprint density at radius 1 is 1.47 bits per heavy atom. The molecular weight excluding hydrogens is 260 g/mol. The summed E-state index contributed by atoms with van der Waals surface area (Å²) in [5, 5.41) is 11.5. The third-order valence-electron chi connectivity index (χ3n) is 2.30. The predicted octanol–water partition coefficient (Wildman–Crippen LogP) is 2.05. The Balaban J connectivity index is 2.20. The number of carbonyl (C=O) groups excluding carboxylic acids is 1. The van der Waals surface area contributed by atoms with E-state index in [9.17, 15) is 4.79 Å². The minimum Gasteiger partial charge on any atom is -0.384 e. The second-order valence-corrected chi connectivity index (χ2v) is 4.75. The molecule has 0 radical (unpaired) electrons. The van der Waals surface area contributed by atoms with Gasteiger partial charge >= 0.3 is 0 Å². The summed E-state index contributed by atoms with van der Waals surface area (Å²) in [5.74, 6) is 5.22. The summed E-state index contributed by atoms with van der Waals surface area (Å²) in [7, 11) is 0. The monoisotopic (exact) mass is 272 g/mol. The van der Waals surface area contributed by atoms with Gasteiger partial charge in [0, 0.05) is 11.3 Å². The molecule has 96 valence electrons. The first-order valence-electron chi connectivity index (χ1n) is 5.60. The lowest BCUT2D eigenvalue weighted by atomic mass is 10.1. The molecule has 1 heterocycles. The topological polar surface area (TPSA) is 62.2 Å². The summed E-state index contributed by atoms with van der Waals surface area (Å²) in [4.78, 5) is 16.3. The normalized spacial score (nSPS) is 9.58. The quantitative estimate of drug-likeness (QED) is 0.822. The van der Waals surface area contributed by atoms with Crippen LogP contribution in [0.25, 0.3) is 0 Å². The van der Waals surface area contributed by atoms with Crippen molar-refractivity contribution in [1.82, 2.24) is 4.98 Å². The number of nitrogens with one attached hydrogen (secondary N) is 1. The molecule has 5 heteroatoms. The van der Waals surface area contributed by atoms with Crippen molar-refractivity contribution in [1.29, 1.82) is 0 Å². The second kappa shape index (κ2) is 6.14. The van der Waals surface area contributed by atoms with Crippen LogP contribution in [0.1, 0.15) is 20.8 Å². The number of rotatable bonds is 2. The zero-order chi connectivity index (χ0) is 13.7. The first-order chi connectivity index (χ1) is 9.19. The number of anilines is 1. The van der Waals surface area contributed by atoms with Crippen LogP contribution in [-0.2, 0) is 0 Å². The molecule has 1 aromatic carbocycles. The van der Waals surface area contributed by atoms with Crippen molar-refractivity contribution in [2.75, 3.05) is 11.9 Å². The highest BCUT2D eigenvalue weighted by Crippen LogP contribution is 2.16. The van der Waals surface area contributed by atoms with Gasteiger partial charge in [0.15, 0.2) is 0 Å². The van der Waals surface area contributed by atoms with Gasteiger partial charge in [0.1, 0.15) is 11.5 Å². The highest BCUT2D eigenvalue weighted by atomic mass is 32.1. The molecule has 1 aromatic heterocycles. The number of carbonyl (C=O) groups is 1. The van der Waals surface area contributed by atoms with Crippen molar-refractivity contribution in [3.8, 4) is 11.8 Å². The molecule has 4 nitrogen and oxygen atoms in total. The number of hydrogen-bond donors (Lipinski definition) is 2. The smallest absolute Gasteiger partial charge is 0.267 e. The Bertz CT molecular complexity index is 639. The molecule has 0 fully saturated rings. The van der Waals surface area contributed by atoms with Gasteiger partial charge in [-0.3, -0.25) is 9.78 Å². The third kappa shape index (κ3) is 3.65. The Kier molecular flexibility index (Phi) is 4.29. The van der Waals surface area contributed by atoms with E-state index in [2.05, 4.69) is 22.1 Å². The number of thiazole rings is 1. The second-order valence-electron chi connectivity index (χ2n) is 3.87. The fraction of sp³-hybridized carbons (Fsp3) is 0.143. The zero-order valence-electron chi connectivity index (χ0n) is 10.3. The summed E-state index contributed by atoms with van der Waals surface area (Å²) < 4.78 is 0. The highest BCUT2D eigenvalue weighted by molar-refractivity contribution is 7.11. The minimum atomic E-state index is -0.186. The van der Waals surface area contributed by atoms with E-state index < -0.39 is 0 Å². The molecule has 0 bridgehead atoms. The molecule has 0 atom stereocenters. The maximum atomic E-state index is 11.9. The van der Waals surface area contributed by atoms with Crippen molar-refractivity contribution < 1.29 is 9.90 Å². The lowest BCUT2D eigenvalue weighted by Gasteiger charge is -2.05. The van der Waals surface area contributed by atoms with Crippen molar-refractivity contribution in [2.24, 2.45) is 0 Å². The van der Waals surface area contributed by atoms with Gasteiger partial charge in [0.05, 0.1) is 11.7 Å². The molecule has 0 aliphatic heterocycles. The SMILES string of the molecule is Cc1cc(C#CCO)cc(NC(=O)c2cncs2)c1. The fourth-order valence-electron chi connectivity index (χ4n) is 1.59. The van der Waals surface area contributed by atoms with E-state index in [4.69, 9.17) is 5.11 Å². The molecule has 0 aliphatic carbocycles. The number of aliphatic hydroxyl groups is 1. The molecule has 19 heavy (non-hydrogen) atoms. The zero-order valence-corrected chi connectivity index (χ0v) is 11.1. The van der Waals surface area contributed by atoms with Gasteiger partial charge in [-0.05, 0) is 30.7 Å². The number of benzene rings is 1. The van der Waals surface area contributed by atoms with E-state index in [-0.39, 0.29) is 12.5 Å². The number of aliphatic hydroxyl groups excluding tert-OH is 1. The van der Waals surface area contributed by atoms with Crippen LogP contribution in [0.15, 0.2) is 29.9 Å². The largest absolute Gasteiger partial charge is 0.384 e. The molecule has 0 saturated carbocycles. The number of aromatic nitrogens is 1. The number of nitrogens with zero attached hydrogens (tertiary/aromatic N) is 1. The van der Waals surface area contributed by atoms with Gasteiger partial charge in [0.2, 0.25) is 0 Å². The van der Waals surface area contributed by atoms with Gasteiger partial charge in [-0.25, -0.2) is 0 Å². The third-order valence-corrected chi connectivity index (χ3v) is 3.07. The van der Waals surface area contributed by atoms with E-state index in [0.29, 0.717) is 10.6 Å². The van der Waals surface area contributed by atoms with Crippen LogP contribution in [0.3, 0.4) is 0 Å². The first-order valence-corrected chi connectivity index (χ1v) is 6.48. The summed E-state index contributed by atoms with van der Waals surface area (Å²) in [6.45, 7) is 1.74. The highest BCUT2D eigenvalue weighted by Gasteiger charge is 2.08. The Morgan fingerprint density at radius 3 is 3.00 bits per heavy atom. The van der Waals surface area contributed by atoms with E-state index in [0.717, 1.165) is 11.1 Å².